The second kappa shape index (κ2) is 8.73. The number of nitrogens with one attached hydrogen (secondary N) is 1. The lowest BCUT2D eigenvalue weighted by Gasteiger charge is -2.37. The van der Waals surface area contributed by atoms with Gasteiger partial charge in [0.1, 0.15) is 11.9 Å². The highest BCUT2D eigenvalue weighted by Crippen LogP contribution is 2.36. The summed E-state index contributed by atoms with van der Waals surface area (Å²) in [6.45, 7) is 4.24. The molecule has 7 nitrogen and oxygen atoms in total. The van der Waals surface area contributed by atoms with Crippen LogP contribution in [0.5, 0.6) is 0 Å². The Labute approximate surface area is 206 Å². The van der Waals surface area contributed by atoms with Crippen molar-refractivity contribution >= 4 is 44.8 Å². The van der Waals surface area contributed by atoms with E-state index in [9.17, 15) is 18.8 Å². The van der Waals surface area contributed by atoms with Gasteiger partial charge in [-0.15, -0.1) is 11.3 Å². The van der Waals surface area contributed by atoms with Gasteiger partial charge in [0, 0.05) is 67.2 Å². The Morgan fingerprint density at radius 2 is 1.86 bits per heavy atom. The number of hydrogen-bond donors (Lipinski definition) is 1. The van der Waals surface area contributed by atoms with E-state index in [2.05, 4.69) is 44.8 Å². The number of carbonyl (C=O) groups is 3. The molecule has 3 aliphatic rings. The third-order valence-corrected chi connectivity index (χ3v) is 8.28. The maximum absolute atomic E-state index is 14.6. The van der Waals surface area contributed by atoms with Gasteiger partial charge < -0.3 is 9.80 Å². The summed E-state index contributed by atoms with van der Waals surface area (Å²) >= 11 is 1.76. The SMILES string of the molecule is O=C1CCC(N2Cc3c(cc(F)cc3N3CCN(Cc4csc5ccccc45)CC3)C2=O)C(=O)N1. The van der Waals surface area contributed by atoms with Gasteiger partial charge in [0.2, 0.25) is 11.8 Å². The topological polar surface area (TPSA) is 73.0 Å². The number of amides is 3. The minimum Gasteiger partial charge on any atom is -0.369 e. The van der Waals surface area contributed by atoms with Crippen LogP contribution >= 0.6 is 11.3 Å². The molecule has 0 radical (unpaired) electrons. The molecule has 0 aliphatic carbocycles. The lowest BCUT2D eigenvalue weighted by molar-refractivity contribution is -0.136. The number of hydrogen-bond acceptors (Lipinski definition) is 6. The van der Waals surface area contributed by atoms with E-state index in [4.69, 9.17) is 0 Å². The lowest BCUT2D eigenvalue weighted by Crippen LogP contribution is -2.52. The molecule has 3 aliphatic heterocycles. The van der Waals surface area contributed by atoms with Crippen LogP contribution in [0.15, 0.2) is 41.8 Å². The van der Waals surface area contributed by atoms with E-state index in [-0.39, 0.29) is 31.2 Å². The van der Waals surface area contributed by atoms with Gasteiger partial charge in [-0.3, -0.25) is 24.6 Å². The molecule has 1 N–H and O–H groups in total. The van der Waals surface area contributed by atoms with E-state index < -0.39 is 17.8 Å². The molecule has 0 bridgehead atoms. The third kappa shape index (κ3) is 3.98. The number of benzene rings is 2. The molecule has 6 rings (SSSR count). The van der Waals surface area contributed by atoms with E-state index in [1.54, 1.807) is 11.3 Å². The van der Waals surface area contributed by atoms with Gasteiger partial charge in [-0.05, 0) is 40.9 Å². The van der Waals surface area contributed by atoms with Crippen molar-refractivity contribution in [2.45, 2.75) is 32.0 Å². The molecule has 2 fully saturated rings. The Morgan fingerprint density at radius 1 is 1.06 bits per heavy atom. The Hall–Kier alpha value is -3.30. The van der Waals surface area contributed by atoms with Crippen molar-refractivity contribution in [2.75, 3.05) is 31.1 Å². The maximum Gasteiger partial charge on any atom is 0.255 e. The van der Waals surface area contributed by atoms with Gasteiger partial charge in [0.05, 0.1) is 0 Å². The molecular weight excluding hydrogens is 467 g/mol. The first-order valence-corrected chi connectivity index (χ1v) is 12.8. The zero-order valence-corrected chi connectivity index (χ0v) is 19.9. The molecule has 2 saturated heterocycles. The zero-order chi connectivity index (χ0) is 24.1. The highest BCUT2D eigenvalue weighted by atomic mass is 32.1. The highest BCUT2D eigenvalue weighted by molar-refractivity contribution is 7.17. The molecule has 180 valence electrons. The van der Waals surface area contributed by atoms with E-state index in [0.29, 0.717) is 5.56 Å². The zero-order valence-electron chi connectivity index (χ0n) is 19.1. The maximum atomic E-state index is 14.6. The van der Waals surface area contributed by atoms with Gasteiger partial charge in [-0.2, -0.15) is 0 Å². The Kier molecular flexibility index (Phi) is 5.53. The van der Waals surface area contributed by atoms with E-state index in [1.807, 2.05) is 0 Å². The van der Waals surface area contributed by atoms with Crippen LogP contribution in [0.2, 0.25) is 0 Å². The number of carbonyl (C=O) groups excluding carboxylic acids is 3. The molecule has 0 spiro atoms. The summed E-state index contributed by atoms with van der Waals surface area (Å²) < 4.78 is 15.9. The van der Waals surface area contributed by atoms with Gasteiger partial charge in [0.25, 0.3) is 5.91 Å². The van der Waals surface area contributed by atoms with Crippen molar-refractivity contribution in [3.8, 4) is 0 Å². The van der Waals surface area contributed by atoms with Gasteiger partial charge >= 0.3 is 0 Å². The van der Waals surface area contributed by atoms with Crippen LogP contribution in [0.3, 0.4) is 0 Å². The van der Waals surface area contributed by atoms with Gasteiger partial charge in [-0.1, -0.05) is 18.2 Å². The summed E-state index contributed by atoms with van der Waals surface area (Å²) in [6.07, 6.45) is 0.483. The number of piperidine rings is 1. The second-order valence-electron chi connectivity index (χ2n) is 9.37. The molecule has 1 atom stereocenters. The number of piperazine rings is 1. The van der Waals surface area contributed by atoms with Crippen LogP contribution in [0.1, 0.15) is 34.3 Å². The van der Waals surface area contributed by atoms with Crippen molar-refractivity contribution in [3.05, 3.63) is 64.3 Å². The normalized spacial score (nSPS) is 21.1. The Balaban J connectivity index is 1.18. The summed E-state index contributed by atoms with van der Waals surface area (Å²) in [5, 5.41) is 5.84. The molecule has 1 unspecified atom stereocenters. The van der Waals surface area contributed by atoms with Crippen molar-refractivity contribution in [3.63, 3.8) is 0 Å². The van der Waals surface area contributed by atoms with Crippen molar-refractivity contribution in [2.24, 2.45) is 0 Å². The minimum atomic E-state index is -0.708. The first-order chi connectivity index (χ1) is 17.0. The van der Waals surface area contributed by atoms with Crippen molar-refractivity contribution in [1.82, 2.24) is 15.1 Å². The first-order valence-electron chi connectivity index (χ1n) is 11.9. The molecule has 4 heterocycles. The number of rotatable bonds is 4. The summed E-state index contributed by atoms with van der Waals surface area (Å²) in [5.74, 6) is -1.59. The average molecular weight is 493 g/mol. The number of thiophene rings is 1. The molecule has 0 saturated carbocycles. The third-order valence-electron chi connectivity index (χ3n) is 7.27. The smallest absolute Gasteiger partial charge is 0.255 e. The fourth-order valence-corrected chi connectivity index (χ4v) is 6.39. The Bertz CT molecular complexity index is 1350. The summed E-state index contributed by atoms with van der Waals surface area (Å²) in [5.41, 5.74) is 3.13. The number of anilines is 1. The number of imide groups is 1. The minimum absolute atomic E-state index is 0.194. The van der Waals surface area contributed by atoms with Crippen LogP contribution in [0.4, 0.5) is 10.1 Å². The number of halogens is 1. The van der Waals surface area contributed by atoms with Crippen LogP contribution in [-0.2, 0) is 22.7 Å². The lowest BCUT2D eigenvalue weighted by atomic mass is 10.0. The molecule has 3 amide bonds. The monoisotopic (exact) mass is 492 g/mol. The fourth-order valence-electron chi connectivity index (χ4n) is 5.43. The quantitative estimate of drug-likeness (QED) is 0.567. The van der Waals surface area contributed by atoms with E-state index in [0.717, 1.165) is 44.0 Å². The predicted octanol–water partition coefficient (Wildman–Crippen LogP) is 3.12. The summed E-state index contributed by atoms with van der Waals surface area (Å²) in [7, 11) is 0. The van der Waals surface area contributed by atoms with Gasteiger partial charge in [0.15, 0.2) is 0 Å². The predicted molar refractivity (Wildman–Crippen MR) is 132 cm³/mol. The van der Waals surface area contributed by atoms with Crippen LogP contribution in [0.25, 0.3) is 10.1 Å². The number of nitrogens with zero attached hydrogens (tertiary/aromatic N) is 3. The van der Waals surface area contributed by atoms with Gasteiger partial charge in [-0.25, -0.2) is 4.39 Å². The molecule has 9 heteroatoms. The number of fused-ring (bicyclic) bond motifs is 2. The summed E-state index contributed by atoms with van der Waals surface area (Å²) in [4.78, 5) is 43.1. The van der Waals surface area contributed by atoms with Crippen molar-refractivity contribution < 1.29 is 18.8 Å². The Morgan fingerprint density at radius 3 is 2.66 bits per heavy atom. The molecule has 1 aromatic heterocycles. The largest absolute Gasteiger partial charge is 0.369 e. The van der Waals surface area contributed by atoms with E-state index >= 15 is 0 Å². The molecule has 2 aromatic carbocycles. The van der Waals surface area contributed by atoms with Crippen LogP contribution < -0.4 is 10.2 Å². The van der Waals surface area contributed by atoms with Crippen LogP contribution in [-0.4, -0.2) is 59.7 Å². The molecular formula is C26H25FN4O3S. The standard InChI is InChI=1S/C26H25FN4O3S/c27-17-11-19-20(14-31(26(19)34)21-5-6-24(32)28-25(21)33)22(12-17)30-9-7-29(8-10-30)13-16-15-35-23-4-2-1-3-18(16)23/h1-4,11-12,15,21H,5-10,13-14H2,(H,28,32,33). The highest BCUT2D eigenvalue weighted by Gasteiger charge is 2.41. The van der Waals surface area contributed by atoms with E-state index in [1.165, 1.54) is 32.7 Å². The molecule has 3 aromatic rings. The second-order valence-corrected chi connectivity index (χ2v) is 10.3. The first kappa shape index (κ1) is 22.2. The average Bonchev–Trinajstić information content (AvgIpc) is 3.40. The fraction of sp³-hybridized carbons (Fsp3) is 0.346. The van der Waals surface area contributed by atoms with Crippen molar-refractivity contribution in [1.29, 1.82) is 0 Å². The summed E-state index contributed by atoms with van der Waals surface area (Å²) in [6, 6.07) is 10.5. The molecule has 35 heavy (non-hydrogen) atoms. The van der Waals surface area contributed by atoms with Crippen LogP contribution in [0, 0.1) is 5.82 Å².